The Morgan fingerprint density at radius 1 is 1.21 bits per heavy atom. The Labute approximate surface area is 84.8 Å². The molecular formula is C11H17N3. The van der Waals surface area contributed by atoms with E-state index in [1.54, 1.807) is 12.4 Å². The van der Waals surface area contributed by atoms with E-state index in [0.29, 0.717) is 0 Å². The van der Waals surface area contributed by atoms with Gasteiger partial charge in [-0.05, 0) is 6.92 Å². The maximum atomic E-state index is 4.08. The molecule has 2 heterocycles. The maximum Gasteiger partial charge on any atom is 0.155 e. The zero-order valence-corrected chi connectivity index (χ0v) is 9.07. The molecule has 2 rings (SSSR count). The summed E-state index contributed by atoms with van der Waals surface area (Å²) in [5, 5.41) is 0. The quantitative estimate of drug-likeness (QED) is 0.693. The van der Waals surface area contributed by atoms with Crippen LogP contribution >= 0.6 is 0 Å². The summed E-state index contributed by atoms with van der Waals surface area (Å²) in [4.78, 5) is 8.08. The fraction of sp³-hybridized carbons (Fsp3) is 0.455. The lowest BCUT2D eigenvalue weighted by molar-refractivity contribution is 0.886. The van der Waals surface area contributed by atoms with Gasteiger partial charge in [-0.3, -0.25) is 4.98 Å². The molecule has 76 valence electrons. The van der Waals surface area contributed by atoms with Crippen LogP contribution in [0.3, 0.4) is 0 Å². The van der Waals surface area contributed by atoms with Crippen LogP contribution < -0.4 is 0 Å². The summed E-state index contributed by atoms with van der Waals surface area (Å²) >= 11 is 0. The third kappa shape index (κ3) is 2.55. The summed E-state index contributed by atoms with van der Waals surface area (Å²) < 4.78 is 1.99. The van der Waals surface area contributed by atoms with Crippen LogP contribution in [0.5, 0.6) is 0 Å². The van der Waals surface area contributed by atoms with Gasteiger partial charge in [-0.25, -0.2) is 4.98 Å². The molecule has 0 unspecified atom stereocenters. The molecule has 3 nitrogen and oxygen atoms in total. The normalized spacial score (nSPS) is 9.64. The second kappa shape index (κ2) is 5.37. The van der Waals surface area contributed by atoms with Crippen molar-refractivity contribution in [3.8, 4) is 0 Å². The zero-order chi connectivity index (χ0) is 10.4. The van der Waals surface area contributed by atoms with Crippen molar-refractivity contribution in [3.05, 3.63) is 30.5 Å². The lowest BCUT2D eigenvalue weighted by Crippen LogP contribution is -1.89. The Kier molecular flexibility index (Phi) is 4.11. The first-order valence-corrected chi connectivity index (χ1v) is 5.03. The molecule has 0 aliphatic heterocycles. The van der Waals surface area contributed by atoms with Crippen LogP contribution in [0.15, 0.2) is 24.8 Å². The number of nitrogens with zero attached hydrogens (tertiary/aromatic N) is 3. The number of imidazole rings is 1. The first-order chi connectivity index (χ1) is 6.79. The molecule has 0 aliphatic carbocycles. The summed E-state index contributed by atoms with van der Waals surface area (Å²) in [5.74, 6) is 0. The molecule has 2 aromatic rings. The van der Waals surface area contributed by atoms with Gasteiger partial charge in [0.1, 0.15) is 0 Å². The van der Waals surface area contributed by atoms with Gasteiger partial charge in [0.15, 0.2) is 5.65 Å². The molecule has 0 N–H and O–H groups in total. The predicted octanol–water partition coefficient (Wildman–Crippen LogP) is 2.84. The highest BCUT2D eigenvalue weighted by molar-refractivity contribution is 5.35. The Bertz CT molecular complexity index is 377. The number of rotatable bonds is 1. The van der Waals surface area contributed by atoms with Gasteiger partial charge < -0.3 is 4.40 Å². The molecule has 0 radical (unpaired) electrons. The minimum Gasteiger partial charge on any atom is -0.302 e. The SMILES string of the molecule is CCCC.Cc1cncc2nccn12. The van der Waals surface area contributed by atoms with E-state index in [9.17, 15) is 0 Å². The highest BCUT2D eigenvalue weighted by Crippen LogP contribution is 2.00. The number of aryl methyl sites for hydroxylation is 1. The minimum atomic E-state index is 0.903. The van der Waals surface area contributed by atoms with Crippen LogP contribution in [-0.2, 0) is 0 Å². The van der Waals surface area contributed by atoms with Crippen molar-refractivity contribution in [2.24, 2.45) is 0 Å². The molecular weight excluding hydrogens is 174 g/mol. The third-order valence-electron chi connectivity index (χ3n) is 2.00. The Morgan fingerprint density at radius 3 is 2.50 bits per heavy atom. The van der Waals surface area contributed by atoms with Gasteiger partial charge in [-0.1, -0.05) is 26.7 Å². The van der Waals surface area contributed by atoms with E-state index in [2.05, 4.69) is 23.8 Å². The molecule has 0 bridgehead atoms. The summed E-state index contributed by atoms with van der Waals surface area (Å²) in [6, 6.07) is 0. The van der Waals surface area contributed by atoms with Gasteiger partial charge in [0.05, 0.1) is 6.20 Å². The molecule has 0 aromatic carbocycles. The number of aromatic nitrogens is 3. The number of unbranched alkanes of at least 4 members (excludes halogenated alkanes) is 1. The van der Waals surface area contributed by atoms with E-state index in [0.717, 1.165) is 11.3 Å². The van der Waals surface area contributed by atoms with Crippen molar-refractivity contribution < 1.29 is 0 Å². The molecule has 14 heavy (non-hydrogen) atoms. The third-order valence-corrected chi connectivity index (χ3v) is 2.00. The summed E-state index contributed by atoms with van der Waals surface area (Å²) in [5.41, 5.74) is 2.01. The minimum absolute atomic E-state index is 0.903. The smallest absolute Gasteiger partial charge is 0.155 e. The molecule has 0 spiro atoms. The molecule has 2 aromatic heterocycles. The largest absolute Gasteiger partial charge is 0.302 e. The van der Waals surface area contributed by atoms with Crippen LogP contribution in [0.2, 0.25) is 0 Å². The fourth-order valence-corrected chi connectivity index (χ4v) is 0.983. The summed E-state index contributed by atoms with van der Waals surface area (Å²) in [7, 11) is 0. The van der Waals surface area contributed by atoms with Crippen LogP contribution in [-0.4, -0.2) is 14.4 Å². The lowest BCUT2D eigenvalue weighted by atomic mass is 10.4. The first kappa shape index (κ1) is 10.7. The van der Waals surface area contributed by atoms with E-state index < -0.39 is 0 Å². The van der Waals surface area contributed by atoms with E-state index in [1.165, 1.54) is 12.8 Å². The number of fused-ring (bicyclic) bond motifs is 1. The standard InChI is InChI=1S/C7H7N3.C4H10/c1-6-4-8-5-7-9-2-3-10(6)7;1-3-4-2/h2-5H,1H3;3-4H2,1-2H3. The van der Waals surface area contributed by atoms with Crippen molar-refractivity contribution >= 4 is 5.65 Å². The Hall–Kier alpha value is -1.38. The van der Waals surface area contributed by atoms with Crippen molar-refractivity contribution in [2.75, 3.05) is 0 Å². The molecule has 0 saturated heterocycles. The van der Waals surface area contributed by atoms with E-state index in [1.807, 2.05) is 23.7 Å². The lowest BCUT2D eigenvalue weighted by Gasteiger charge is -1.94. The summed E-state index contributed by atoms with van der Waals surface area (Å²) in [6.45, 7) is 6.36. The van der Waals surface area contributed by atoms with Gasteiger partial charge in [0, 0.05) is 24.3 Å². The second-order valence-electron chi connectivity index (χ2n) is 3.20. The topological polar surface area (TPSA) is 30.2 Å². The van der Waals surface area contributed by atoms with Crippen molar-refractivity contribution in [2.45, 2.75) is 33.6 Å². The Balaban J connectivity index is 0.000000213. The van der Waals surface area contributed by atoms with Crippen LogP contribution in [0, 0.1) is 6.92 Å². The molecule has 3 heteroatoms. The van der Waals surface area contributed by atoms with Gasteiger partial charge in [-0.15, -0.1) is 0 Å². The molecule has 0 aliphatic rings. The fourth-order valence-electron chi connectivity index (χ4n) is 0.983. The van der Waals surface area contributed by atoms with Gasteiger partial charge in [0.25, 0.3) is 0 Å². The van der Waals surface area contributed by atoms with Crippen molar-refractivity contribution in [1.29, 1.82) is 0 Å². The molecule has 0 amide bonds. The summed E-state index contributed by atoms with van der Waals surface area (Å²) in [6.07, 6.45) is 9.89. The van der Waals surface area contributed by atoms with Gasteiger partial charge in [0.2, 0.25) is 0 Å². The van der Waals surface area contributed by atoms with E-state index >= 15 is 0 Å². The molecule has 0 fully saturated rings. The maximum absolute atomic E-state index is 4.08. The monoisotopic (exact) mass is 191 g/mol. The number of hydrogen-bond acceptors (Lipinski definition) is 2. The second-order valence-corrected chi connectivity index (χ2v) is 3.20. The highest BCUT2D eigenvalue weighted by Gasteiger charge is 1.93. The number of hydrogen-bond donors (Lipinski definition) is 0. The average Bonchev–Trinajstić information content (AvgIpc) is 2.68. The van der Waals surface area contributed by atoms with E-state index in [-0.39, 0.29) is 0 Å². The van der Waals surface area contributed by atoms with Crippen LogP contribution in [0.25, 0.3) is 5.65 Å². The van der Waals surface area contributed by atoms with Crippen molar-refractivity contribution in [1.82, 2.24) is 14.4 Å². The molecule has 0 atom stereocenters. The van der Waals surface area contributed by atoms with Gasteiger partial charge in [-0.2, -0.15) is 0 Å². The highest BCUT2D eigenvalue weighted by atomic mass is 15.0. The van der Waals surface area contributed by atoms with Crippen molar-refractivity contribution in [3.63, 3.8) is 0 Å². The first-order valence-electron chi connectivity index (χ1n) is 5.03. The van der Waals surface area contributed by atoms with Gasteiger partial charge >= 0.3 is 0 Å². The Morgan fingerprint density at radius 2 is 1.93 bits per heavy atom. The zero-order valence-electron chi connectivity index (χ0n) is 9.07. The average molecular weight is 191 g/mol. The molecule has 0 saturated carbocycles. The van der Waals surface area contributed by atoms with Crippen LogP contribution in [0.1, 0.15) is 32.4 Å². The predicted molar refractivity (Wildman–Crippen MR) is 58.3 cm³/mol. The van der Waals surface area contributed by atoms with E-state index in [4.69, 9.17) is 0 Å². The van der Waals surface area contributed by atoms with Crippen LogP contribution in [0.4, 0.5) is 0 Å².